The number of carbonyl (C=O) groups is 1. The summed E-state index contributed by atoms with van der Waals surface area (Å²) in [5, 5.41) is 4.51. The van der Waals surface area contributed by atoms with Crippen molar-refractivity contribution >= 4 is 56.2 Å². The number of fused-ring (bicyclic) bond motifs is 4. The molecule has 0 spiro atoms. The Hall–Kier alpha value is -5.12. The van der Waals surface area contributed by atoms with Gasteiger partial charge in [-0.1, -0.05) is 115 Å². The van der Waals surface area contributed by atoms with E-state index in [0.29, 0.717) is 11.1 Å². The van der Waals surface area contributed by atoms with Gasteiger partial charge in [0.05, 0.1) is 11.4 Å². The van der Waals surface area contributed by atoms with Crippen molar-refractivity contribution in [3.8, 4) is 11.1 Å². The van der Waals surface area contributed by atoms with Crippen LogP contribution >= 0.6 is 11.8 Å². The zero-order valence-electron chi connectivity index (χ0n) is 23.6. The molecular formula is C40H27NOS. The Labute approximate surface area is 255 Å². The lowest BCUT2D eigenvalue weighted by molar-refractivity contribution is 0.104. The first-order valence-electron chi connectivity index (χ1n) is 14.5. The number of aryl methyl sites for hydroxylation is 1. The third kappa shape index (κ3) is 4.24. The van der Waals surface area contributed by atoms with Gasteiger partial charge in [-0.3, -0.25) is 4.79 Å². The molecule has 3 heteroatoms. The summed E-state index contributed by atoms with van der Waals surface area (Å²) in [6.07, 6.45) is 0. The van der Waals surface area contributed by atoms with Gasteiger partial charge in [-0.15, -0.1) is 0 Å². The summed E-state index contributed by atoms with van der Waals surface area (Å²) in [5.74, 6) is 0.0197. The smallest absolute Gasteiger partial charge is 0.193 e. The molecule has 0 amide bonds. The molecule has 0 unspecified atom stereocenters. The highest BCUT2D eigenvalue weighted by Gasteiger charge is 2.25. The number of hydrogen-bond acceptors (Lipinski definition) is 3. The average Bonchev–Trinajstić information content (AvgIpc) is 3.07. The number of carbonyl (C=O) groups excluding carboxylic acids is 1. The van der Waals surface area contributed by atoms with E-state index in [9.17, 15) is 4.79 Å². The van der Waals surface area contributed by atoms with Crippen molar-refractivity contribution in [3.63, 3.8) is 0 Å². The maximum atomic E-state index is 14.3. The fraction of sp³-hybridized carbons (Fsp3) is 0.0250. The number of anilines is 3. The van der Waals surface area contributed by atoms with Crippen LogP contribution in [0.15, 0.2) is 155 Å². The Morgan fingerprint density at radius 1 is 0.535 bits per heavy atom. The van der Waals surface area contributed by atoms with E-state index in [4.69, 9.17) is 0 Å². The second kappa shape index (κ2) is 10.3. The molecule has 1 aliphatic rings. The van der Waals surface area contributed by atoms with Crippen molar-refractivity contribution in [1.29, 1.82) is 0 Å². The highest BCUT2D eigenvalue weighted by molar-refractivity contribution is 7.99. The predicted molar refractivity (Wildman–Crippen MR) is 180 cm³/mol. The third-order valence-corrected chi connectivity index (χ3v) is 9.53. The fourth-order valence-electron chi connectivity index (χ4n) is 6.34. The molecule has 0 saturated carbocycles. The van der Waals surface area contributed by atoms with E-state index in [1.54, 1.807) is 11.8 Å². The van der Waals surface area contributed by atoms with Crippen molar-refractivity contribution in [2.24, 2.45) is 0 Å². The molecule has 0 bridgehead atoms. The lowest BCUT2D eigenvalue weighted by Gasteiger charge is -2.33. The summed E-state index contributed by atoms with van der Waals surface area (Å²) in [6.45, 7) is 2.15. The van der Waals surface area contributed by atoms with Gasteiger partial charge in [0.2, 0.25) is 0 Å². The van der Waals surface area contributed by atoms with E-state index in [1.807, 2.05) is 30.3 Å². The van der Waals surface area contributed by atoms with Gasteiger partial charge in [0.25, 0.3) is 0 Å². The lowest BCUT2D eigenvalue weighted by Crippen LogP contribution is -2.15. The Balaban J connectivity index is 1.25. The first-order chi connectivity index (χ1) is 21.2. The number of nitrogens with zero attached hydrogens (tertiary/aromatic N) is 1. The van der Waals surface area contributed by atoms with Gasteiger partial charge in [0, 0.05) is 26.6 Å². The maximum Gasteiger partial charge on any atom is 0.193 e. The Kier molecular flexibility index (Phi) is 6.13. The molecule has 43 heavy (non-hydrogen) atoms. The fourth-order valence-corrected chi connectivity index (χ4v) is 7.40. The standard InChI is InChI=1S/C40H27NOS/c1-26-21-22-33(30-14-3-2-13-29(26)30)34-23-24-35(32-16-5-4-15-31(32)34)40(42)27-11-10-12-28(25-27)41-36-17-6-8-19-38(36)43-39-20-9-7-18-37(39)41/h2-25H,1H3. The molecule has 0 saturated heterocycles. The van der Waals surface area contributed by atoms with Gasteiger partial charge < -0.3 is 4.90 Å². The quantitative estimate of drug-likeness (QED) is 0.197. The highest BCUT2D eigenvalue weighted by atomic mass is 32.2. The van der Waals surface area contributed by atoms with Gasteiger partial charge >= 0.3 is 0 Å². The van der Waals surface area contributed by atoms with E-state index >= 15 is 0 Å². The minimum absolute atomic E-state index is 0.0197. The molecule has 7 aromatic rings. The number of rotatable bonds is 4. The minimum Gasteiger partial charge on any atom is -0.308 e. The van der Waals surface area contributed by atoms with E-state index in [0.717, 1.165) is 33.4 Å². The number of hydrogen-bond donors (Lipinski definition) is 0. The first kappa shape index (κ1) is 25.6. The topological polar surface area (TPSA) is 20.3 Å². The van der Waals surface area contributed by atoms with Crippen LogP contribution in [0.2, 0.25) is 0 Å². The molecule has 0 radical (unpaired) electrons. The zero-order chi connectivity index (χ0) is 28.9. The summed E-state index contributed by atoms with van der Waals surface area (Å²) in [7, 11) is 0. The molecule has 7 aromatic carbocycles. The summed E-state index contributed by atoms with van der Waals surface area (Å²) in [4.78, 5) is 18.9. The number of benzene rings is 7. The molecular weight excluding hydrogens is 543 g/mol. The number of para-hydroxylation sites is 2. The van der Waals surface area contributed by atoms with Crippen molar-refractivity contribution in [3.05, 3.63) is 162 Å². The monoisotopic (exact) mass is 569 g/mol. The summed E-state index contributed by atoms with van der Waals surface area (Å²) < 4.78 is 0. The summed E-state index contributed by atoms with van der Waals surface area (Å²) in [5.41, 5.74) is 8.17. The van der Waals surface area contributed by atoms with E-state index in [-0.39, 0.29) is 5.78 Å². The summed E-state index contributed by atoms with van der Waals surface area (Å²) >= 11 is 1.78. The van der Waals surface area contributed by atoms with Crippen molar-refractivity contribution < 1.29 is 4.79 Å². The zero-order valence-corrected chi connectivity index (χ0v) is 24.4. The average molecular weight is 570 g/mol. The SMILES string of the molecule is Cc1ccc(-c2ccc(C(=O)c3cccc(N4c5ccccc5Sc5ccccc54)c3)c3ccccc23)c2ccccc12. The summed E-state index contributed by atoms with van der Waals surface area (Å²) in [6, 6.07) is 50.3. The maximum absolute atomic E-state index is 14.3. The van der Waals surface area contributed by atoms with Crippen molar-refractivity contribution in [2.45, 2.75) is 16.7 Å². The van der Waals surface area contributed by atoms with Crippen LogP contribution in [0.4, 0.5) is 17.1 Å². The highest BCUT2D eigenvalue weighted by Crippen LogP contribution is 2.51. The molecule has 1 heterocycles. The lowest BCUT2D eigenvalue weighted by atomic mass is 9.89. The Morgan fingerprint density at radius 2 is 1.09 bits per heavy atom. The van der Waals surface area contributed by atoms with E-state index < -0.39 is 0 Å². The van der Waals surface area contributed by atoms with Gasteiger partial charge in [-0.25, -0.2) is 0 Å². The molecule has 2 nitrogen and oxygen atoms in total. The Bertz CT molecular complexity index is 2170. The molecule has 0 fully saturated rings. The first-order valence-corrected chi connectivity index (χ1v) is 15.3. The van der Waals surface area contributed by atoms with Gasteiger partial charge in [0.15, 0.2) is 5.78 Å². The van der Waals surface area contributed by atoms with Crippen LogP contribution in [0.5, 0.6) is 0 Å². The minimum atomic E-state index is 0.0197. The van der Waals surface area contributed by atoms with E-state index in [1.165, 1.54) is 31.7 Å². The van der Waals surface area contributed by atoms with Crippen LogP contribution in [0.25, 0.3) is 32.7 Å². The van der Waals surface area contributed by atoms with Gasteiger partial charge in [0.1, 0.15) is 0 Å². The largest absolute Gasteiger partial charge is 0.308 e. The normalized spacial score (nSPS) is 12.3. The molecule has 0 aromatic heterocycles. The van der Waals surface area contributed by atoms with Crippen LogP contribution in [0.1, 0.15) is 21.5 Å². The van der Waals surface area contributed by atoms with Crippen LogP contribution < -0.4 is 4.90 Å². The van der Waals surface area contributed by atoms with Crippen molar-refractivity contribution in [1.82, 2.24) is 0 Å². The van der Waals surface area contributed by atoms with Gasteiger partial charge in [-0.2, -0.15) is 0 Å². The molecule has 0 N–H and O–H groups in total. The van der Waals surface area contributed by atoms with Crippen molar-refractivity contribution in [2.75, 3.05) is 4.90 Å². The Morgan fingerprint density at radius 3 is 1.79 bits per heavy atom. The molecule has 0 atom stereocenters. The second-order valence-electron chi connectivity index (χ2n) is 10.9. The molecule has 8 rings (SSSR count). The predicted octanol–water partition coefficient (Wildman–Crippen LogP) is 11.1. The molecule has 1 aliphatic heterocycles. The van der Waals surface area contributed by atoms with Crippen LogP contribution in [-0.2, 0) is 0 Å². The molecule has 204 valence electrons. The van der Waals surface area contributed by atoms with Crippen LogP contribution in [0.3, 0.4) is 0 Å². The van der Waals surface area contributed by atoms with Crippen LogP contribution in [-0.4, -0.2) is 5.78 Å². The van der Waals surface area contributed by atoms with Gasteiger partial charge in [-0.05, 0) is 87.6 Å². The molecule has 0 aliphatic carbocycles. The third-order valence-electron chi connectivity index (χ3n) is 8.40. The van der Waals surface area contributed by atoms with Crippen LogP contribution in [0, 0.1) is 6.92 Å². The van der Waals surface area contributed by atoms with E-state index in [2.05, 4.69) is 127 Å². The second-order valence-corrected chi connectivity index (χ2v) is 12.0. The number of ketones is 1.